The number of halogens is 3. The van der Waals surface area contributed by atoms with Crippen LogP contribution in [-0.4, -0.2) is 42.1 Å². The summed E-state index contributed by atoms with van der Waals surface area (Å²) in [6, 6.07) is 18.7. The third kappa shape index (κ3) is 8.53. The molecule has 0 saturated heterocycles. The molecular weight excluding hydrogens is 611 g/mol. The van der Waals surface area contributed by atoms with Crippen molar-refractivity contribution >= 4 is 38.9 Å². The van der Waals surface area contributed by atoms with Crippen LogP contribution < -0.4 is 20.1 Å². The topological polar surface area (TPSA) is 131 Å². The van der Waals surface area contributed by atoms with Gasteiger partial charge in [-0.25, -0.2) is 19.3 Å². The summed E-state index contributed by atoms with van der Waals surface area (Å²) in [5.41, 5.74) is -1.47. The molecule has 0 atom stereocenters. The largest absolute Gasteiger partial charge is 0.516 e. The second-order valence-corrected chi connectivity index (χ2v) is 12.0. The first kappa shape index (κ1) is 33.3. The molecule has 4 rings (SSSR count). The number of hydrogen-bond donors (Lipinski definition) is 3. The minimum Gasteiger partial charge on any atom is -0.409 e. The number of imidazole rings is 1. The number of aromatic nitrogens is 2. The molecule has 0 saturated carbocycles. The van der Waals surface area contributed by atoms with Gasteiger partial charge in [-0.1, -0.05) is 69.2 Å². The van der Waals surface area contributed by atoms with Gasteiger partial charge in [0, 0.05) is 30.8 Å². The van der Waals surface area contributed by atoms with Crippen LogP contribution >= 0.6 is 0 Å². The molecule has 4 aromatic rings. The van der Waals surface area contributed by atoms with E-state index in [1.54, 1.807) is 24.3 Å². The van der Waals surface area contributed by atoms with Gasteiger partial charge in [0.05, 0.1) is 11.0 Å². The molecule has 240 valence electrons. The van der Waals surface area contributed by atoms with Crippen LogP contribution in [-0.2, 0) is 23.0 Å². The predicted molar refractivity (Wildman–Crippen MR) is 165 cm³/mol. The van der Waals surface area contributed by atoms with Gasteiger partial charge in [-0.05, 0) is 48.2 Å². The van der Waals surface area contributed by atoms with E-state index in [4.69, 9.17) is 9.72 Å². The molecule has 14 heteroatoms. The Bertz CT molecular complexity index is 1760. The Balaban J connectivity index is 1.54. The number of alkyl halides is 3. The molecule has 3 amide bonds. The number of unbranched alkanes of at least 4 members (excludes halogenated alkanes) is 2. The van der Waals surface area contributed by atoms with Crippen molar-refractivity contribution in [2.75, 3.05) is 11.9 Å². The molecule has 0 spiro atoms. The quantitative estimate of drug-likeness (QED) is 0.143. The summed E-state index contributed by atoms with van der Waals surface area (Å²) < 4.78 is 68.4. The molecule has 45 heavy (non-hydrogen) atoms. The van der Waals surface area contributed by atoms with Crippen molar-refractivity contribution in [1.82, 2.24) is 19.6 Å². The molecule has 1 aromatic heterocycles. The maximum absolute atomic E-state index is 12.7. The molecule has 0 unspecified atom stereocenters. The van der Waals surface area contributed by atoms with Crippen LogP contribution in [0.4, 0.5) is 28.4 Å². The van der Waals surface area contributed by atoms with Crippen molar-refractivity contribution in [3.05, 3.63) is 78.1 Å². The third-order valence-corrected chi connectivity index (χ3v) is 7.92. The number of aryl methyl sites for hydroxylation is 1. The lowest BCUT2D eigenvalue weighted by atomic mass is 10.0. The van der Waals surface area contributed by atoms with Gasteiger partial charge in [0.15, 0.2) is 0 Å². The summed E-state index contributed by atoms with van der Waals surface area (Å²) in [5, 5.41) is 5.69. The summed E-state index contributed by atoms with van der Waals surface area (Å²) >= 11 is 0. The standard InChI is InChI=1S/C31H34F3N5O5S/c1-3-5-11-28-37-25-19-23(36-29(40)35-18-6-4-2)16-17-26(25)39(28)20-21-12-14-22(15-13-21)24-9-7-8-10-27(24)44-30(41)38-45(42,43)31(32,33)34/h7-10,12-17,19H,3-6,11,18,20H2,1-2H3,(H,38,41)(H2,35,36,40). The summed E-state index contributed by atoms with van der Waals surface area (Å²) in [4.78, 5) is 29.1. The van der Waals surface area contributed by atoms with E-state index >= 15 is 0 Å². The smallest absolute Gasteiger partial charge is 0.409 e. The molecule has 3 N–H and O–H groups in total. The van der Waals surface area contributed by atoms with Crippen molar-refractivity contribution in [3.8, 4) is 16.9 Å². The van der Waals surface area contributed by atoms with E-state index in [0.29, 0.717) is 29.9 Å². The lowest BCUT2D eigenvalue weighted by molar-refractivity contribution is -0.0446. The number of benzene rings is 3. The Morgan fingerprint density at radius 1 is 0.956 bits per heavy atom. The number of anilines is 1. The fourth-order valence-electron chi connectivity index (χ4n) is 4.57. The number of hydrogen-bond acceptors (Lipinski definition) is 6. The van der Waals surface area contributed by atoms with Crippen molar-refractivity contribution in [3.63, 3.8) is 0 Å². The SMILES string of the molecule is CCCCNC(=O)Nc1ccc2c(c1)nc(CCCC)n2Cc1ccc(-c2ccccc2OC(=O)NS(=O)(=O)C(F)(F)F)cc1. The van der Waals surface area contributed by atoms with E-state index < -0.39 is 21.6 Å². The summed E-state index contributed by atoms with van der Waals surface area (Å²) in [7, 11) is -5.92. The second-order valence-electron chi connectivity index (χ2n) is 10.3. The highest BCUT2D eigenvalue weighted by Crippen LogP contribution is 2.31. The Morgan fingerprint density at radius 2 is 1.67 bits per heavy atom. The fourth-order valence-corrected chi connectivity index (χ4v) is 4.95. The number of carbonyl (C=O) groups is 2. The first-order valence-corrected chi connectivity index (χ1v) is 15.9. The number of urea groups is 1. The number of nitrogens with one attached hydrogen (secondary N) is 3. The molecule has 10 nitrogen and oxygen atoms in total. The molecule has 0 bridgehead atoms. The first-order chi connectivity index (χ1) is 21.4. The first-order valence-electron chi connectivity index (χ1n) is 14.4. The number of nitrogens with zero attached hydrogens (tertiary/aromatic N) is 2. The summed E-state index contributed by atoms with van der Waals surface area (Å²) in [6.45, 7) is 5.25. The Hall–Kier alpha value is -4.59. The second kappa shape index (κ2) is 14.5. The van der Waals surface area contributed by atoms with Gasteiger partial charge < -0.3 is 19.9 Å². The third-order valence-electron chi connectivity index (χ3n) is 6.87. The van der Waals surface area contributed by atoms with E-state index in [1.165, 1.54) is 12.1 Å². The van der Waals surface area contributed by atoms with Gasteiger partial charge >= 0.3 is 27.7 Å². The Morgan fingerprint density at radius 3 is 2.36 bits per heavy atom. The van der Waals surface area contributed by atoms with Crippen LogP contribution in [0.2, 0.25) is 0 Å². The van der Waals surface area contributed by atoms with Crippen LogP contribution in [0.1, 0.15) is 50.9 Å². The van der Waals surface area contributed by atoms with Gasteiger partial charge in [-0.15, -0.1) is 0 Å². The van der Waals surface area contributed by atoms with Gasteiger partial charge in [0.2, 0.25) is 0 Å². The predicted octanol–water partition coefficient (Wildman–Crippen LogP) is 6.95. The van der Waals surface area contributed by atoms with Gasteiger partial charge in [0.1, 0.15) is 11.6 Å². The average molecular weight is 646 g/mol. The van der Waals surface area contributed by atoms with Crippen LogP contribution in [0, 0.1) is 0 Å². The maximum Gasteiger partial charge on any atom is 0.516 e. The highest BCUT2D eigenvalue weighted by Gasteiger charge is 2.47. The summed E-state index contributed by atoms with van der Waals surface area (Å²) in [5.74, 6) is 0.782. The molecule has 0 aliphatic carbocycles. The maximum atomic E-state index is 12.7. The van der Waals surface area contributed by atoms with Crippen molar-refractivity contribution in [1.29, 1.82) is 0 Å². The highest BCUT2D eigenvalue weighted by molar-refractivity contribution is 7.90. The van der Waals surface area contributed by atoms with Crippen molar-refractivity contribution < 1.29 is 35.9 Å². The van der Waals surface area contributed by atoms with E-state index in [9.17, 15) is 31.2 Å². The minimum atomic E-state index is -5.92. The lowest BCUT2D eigenvalue weighted by Gasteiger charge is -2.13. The van der Waals surface area contributed by atoms with Gasteiger partial charge in [0.25, 0.3) is 0 Å². The number of rotatable bonds is 12. The zero-order valence-corrected chi connectivity index (χ0v) is 25.6. The zero-order chi connectivity index (χ0) is 32.6. The monoisotopic (exact) mass is 645 g/mol. The zero-order valence-electron chi connectivity index (χ0n) is 24.8. The number of para-hydroxylation sites is 1. The Kier molecular flexibility index (Phi) is 10.7. The van der Waals surface area contributed by atoms with E-state index in [2.05, 4.69) is 29.0 Å². The van der Waals surface area contributed by atoms with E-state index in [-0.39, 0.29) is 11.8 Å². The van der Waals surface area contributed by atoms with Crippen molar-refractivity contribution in [2.45, 2.75) is 58.0 Å². The fraction of sp³-hybridized carbons (Fsp3) is 0.323. The molecule has 0 aliphatic heterocycles. The normalized spacial score (nSPS) is 11.8. The molecule has 3 aromatic carbocycles. The number of sulfonamides is 1. The number of amides is 3. The molecule has 0 aliphatic rings. The van der Waals surface area contributed by atoms with Gasteiger partial charge in [-0.3, -0.25) is 0 Å². The molecule has 0 fully saturated rings. The lowest BCUT2D eigenvalue weighted by Crippen LogP contribution is -2.41. The van der Waals surface area contributed by atoms with Gasteiger partial charge in [-0.2, -0.15) is 21.6 Å². The number of fused-ring (bicyclic) bond motifs is 1. The van der Waals surface area contributed by atoms with Crippen molar-refractivity contribution in [2.24, 2.45) is 0 Å². The van der Waals surface area contributed by atoms with E-state index in [1.807, 2.05) is 30.3 Å². The number of carbonyl (C=O) groups excluding carboxylic acids is 2. The van der Waals surface area contributed by atoms with Crippen LogP contribution in [0.5, 0.6) is 5.75 Å². The molecule has 1 heterocycles. The molecular formula is C31H34F3N5O5S. The van der Waals surface area contributed by atoms with Crippen LogP contribution in [0.3, 0.4) is 0 Å². The highest BCUT2D eigenvalue weighted by atomic mass is 32.2. The minimum absolute atomic E-state index is 0.119. The average Bonchev–Trinajstić information content (AvgIpc) is 3.32. The molecule has 0 radical (unpaired) electrons. The number of ether oxygens (including phenoxy) is 1. The van der Waals surface area contributed by atoms with Crippen LogP contribution in [0.25, 0.3) is 22.2 Å². The Labute approximate surface area is 259 Å². The van der Waals surface area contributed by atoms with Crippen LogP contribution in [0.15, 0.2) is 66.7 Å². The van der Waals surface area contributed by atoms with E-state index in [0.717, 1.165) is 59.2 Å². The summed E-state index contributed by atoms with van der Waals surface area (Å²) in [6.07, 6.45) is 2.80.